The number of carboxylic acids is 1. The number of hydrogen-bond donors (Lipinski definition) is 3. The Morgan fingerprint density at radius 2 is 1.61 bits per heavy atom. The van der Waals surface area contributed by atoms with Gasteiger partial charge in [-0.25, -0.2) is 0 Å². The van der Waals surface area contributed by atoms with Gasteiger partial charge in [0.2, 0.25) is 0 Å². The molecular weight excluding hydrogens is 811 g/mol. The molecule has 0 aromatic carbocycles. The Kier molecular flexibility index (Phi) is 17.2. The summed E-state index contributed by atoms with van der Waals surface area (Å²) in [5.41, 5.74) is -0.352. The average molecular weight is 889 g/mol. The molecular formula is C47H77NaO14. The van der Waals surface area contributed by atoms with Crippen LogP contribution in [-0.4, -0.2) is 119 Å². The van der Waals surface area contributed by atoms with Crippen molar-refractivity contribution >= 4 is 11.8 Å². The maximum Gasteiger partial charge on any atom is 1.00 e. The summed E-state index contributed by atoms with van der Waals surface area (Å²) in [7, 11) is 1.70. The van der Waals surface area contributed by atoms with Gasteiger partial charge in [0.05, 0.1) is 61.0 Å². The van der Waals surface area contributed by atoms with Crippen molar-refractivity contribution in [3.05, 3.63) is 11.6 Å². The zero-order valence-corrected chi connectivity index (χ0v) is 41.8. The third-order valence-electron chi connectivity index (χ3n) is 15.8. The molecule has 21 atom stereocenters. The zero-order valence-electron chi connectivity index (χ0n) is 39.8. The Bertz CT molecular complexity index is 1580. The van der Waals surface area contributed by atoms with Gasteiger partial charge in [-0.05, 0) is 70.3 Å². The zero-order chi connectivity index (χ0) is 45.0. The van der Waals surface area contributed by atoms with Crippen molar-refractivity contribution in [3.8, 4) is 0 Å². The Morgan fingerprint density at radius 1 is 0.919 bits per heavy atom. The van der Waals surface area contributed by atoms with Crippen LogP contribution in [0.25, 0.3) is 0 Å². The van der Waals surface area contributed by atoms with Crippen LogP contribution in [0.5, 0.6) is 0 Å². The van der Waals surface area contributed by atoms with E-state index in [-0.39, 0.29) is 102 Å². The smallest absolute Gasteiger partial charge is 0.550 e. The first-order chi connectivity index (χ1) is 28.5. The summed E-state index contributed by atoms with van der Waals surface area (Å²) in [4.78, 5) is 24.7. The van der Waals surface area contributed by atoms with Gasteiger partial charge in [0.15, 0.2) is 29.4 Å². The first-order valence-corrected chi connectivity index (χ1v) is 23.2. The molecule has 6 aliphatic heterocycles. The first-order valence-electron chi connectivity index (χ1n) is 23.2. The summed E-state index contributed by atoms with van der Waals surface area (Å²) < 4.78 is 53.9. The number of aliphatic carboxylic acids is 1. The normalized spacial score (nSPS) is 47.8. The molecule has 6 heterocycles. The van der Waals surface area contributed by atoms with Crippen LogP contribution >= 0.6 is 0 Å². The van der Waals surface area contributed by atoms with Crippen LogP contribution < -0.4 is 34.7 Å². The number of carboxylic acid groups (broad SMARTS) is 1. The number of carbonyl (C=O) groups is 2. The molecule has 6 saturated heterocycles. The quantitative estimate of drug-likeness (QED) is 0.179. The van der Waals surface area contributed by atoms with E-state index in [2.05, 4.69) is 20.8 Å². The third kappa shape index (κ3) is 10.4. The van der Waals surface area contributed by atoms with Gasteiger partial charge in [-0.15, -0.1) is 0 Å². The van der Waals surface area contributed by atoms with E-state index in [0.717, 1.165) is 6.42 Å². The maximum atomic E-state index is 13.3. The van der Waals surface area contributed by atoms with Gasteiger partial charge in [0.1, 0.15) is 0 Å². The summed E-state index contributed by atoms with van der Waals surface area (Å²) >= 11 is 0. The molecule has 0 bridgehead atoms. The van der Waals surface area contributed by atoms with E-state index in [0.29, 0.717) is 44.1 Å². The summed E-state index contributed by atoms with van der Waals surface area (Å²) in [6.07, 6.45) is 3.10. The molecule has 0 radical (unpaired) electrons. The molecule has 0 saturated carbocycles. The van der Waals surface area contributed by atoms with Crippen LogP contribution in [0.3, 0.4) is 0 Å². The predicted molar refractivity (Wildman–Crippen MR) is 221 cm³/mol. The minimum atomic E-state index is -1.67. The van der Waals surface area contributed by atoms with E-state index < -0.39 is 84.2 Å². The number of Topliss-reactive ketones (excluding diaryl/α,β-unsaturated/α-hetero) is 1. The van der Waals surface area contributed by atoms with E-state index in [1.54, 1.807) is 27.9 Å². The van der Waals surface area contributed by atoms with Gasteiger partial charge in [-0.3, -0.25) is 4.79 Å². The minimum Gasteiger partial charge on any atom is -0.550 e. The van der Waals surface area contributed by atoms with Gasteiger partial charge in [-0.2, -0.15) is 0 Å². The number of aliphatic hydroxyl groups excluding tert-OH is 2. The molecule has 0 aromatic heterocycles. The van der Waals surface area contributed by atoms with Crippen LogP contribution in [-0.2, 0) is 47.5 Å². The fraction of sp³-hybridized carbons (Fsp3) is 0.915. The third-order valence-corrected chi connectivity index (χ3v) is 15.8. The van der Waals surface area contributed by atoms with Crippen molar-refractivity contribution in [3.63, 3.8) is 0 Å². The number of ketones is 1. The van der Waals surface area contributed by atoms with Crippen molar-refractivity contribution in [1.82, 2.24) is 0 Å². The summed E-state index contributed by atoms with van der Waals surface area (Å²) in [5.74, 6) is -7.48. The van der Waals surface area contributed by atoms with E-state index in [1.165, 1.54) is 0 Å². The van der Waals surface area contributed by atoms with Gasteiger partial charge in [0.25, 0.3) is 0 Å². The van der Waals surface area contributed by atoms with Crippen LogP contribution in [0.2, 0.25) is 0 Å². The molecule has 0 amide bonds. The molecule has 2 spiro atoms. The topological polar surface area (TPSA) is 192 Å². The average Bonchev–Trinajstić information content (AvgIpc) is 3.71. The SMILES string of the molecule is CO[C@H]1CC[C@@H](O[C@H]2CC([C@]3(C)CC[C@]4(C[C@H](O)[C@@H](C)C([C@@H](C)/C=C(\C)C(=O)[C@H](C)C[C@H](C)C(=O)[O-])O4)O3)O[C@]3(OC([C@H]4O[C@@](O)(CO)[C@H](C)C[C@@H]4C)C[C@@H]3C)[C@@H]2C)O[C@@H]1C.[Na+]. The molecule has 6 aliphatic rings. The number of hydrogen-bond acceptors (Lipinski definition) is 14. The number of aliphatic hydroxyl groups is 3. The maximum absolute atomic E-state index is 13.3. The van der Waals surface area contributed by atoms with Crippen molar-refractivity contribution in [2.24, 2.45) is 47.3 Å². The van der Waals surface area contributed by atoms with Crippen molar-refractivity contribution in [1.29, 1.82) is 0 Å². The Morgan fingerprint density at radius 3 is 2.24 bits per heavy atom. The second-order valence-electron chi connectivity index (χ2n) is 20.6. The standard InChI is InChI=1S/C47H78O14.Na/c1-24(40(50)25(2)18-28(5)43(51)52)17-26(3)41-31(8)34(49)22-45(59-41)16-15-44(11,61-45)38-21-36(56-39-14-13-35(54-12)33(10)55-39)32(9)47(58-38)30(7)20-37(57-47)42-27(4)19-29(6)46(53,23-48)60-42;/h17,25-39,41-42,48-49,53H,13-16,18-23H2,1-12H3,(H,51,52);/q;+1/p-1/b24-17+;/t25-,26+,27+,28+,29-,30+,31-,32-,33-,34+,35+,36+,37?,38?,39-,41?,42+,44+,45-,46+,47+;/m1./s1. The molecule has 62 heavy (non-hydrogen) atoms. The second kappa shape index (κ2) is 20.3. The Labute approximate surface area is 392 Å². The number of carbonyl (C=O) groups excluding carboxylic acids is 2. The fourth-order valence-corrected chi connectivity index (χ4v) is 11.8. The molecule has 15 heteroatoms. The van der Waals surface area contributed by atoms with Gasteiger partial charge >= 0.3 is 29.6 Å². The van der Waals surface area contributed by atoms with Crippen molar-refractivity contribution < 1.29 is 97.5 Å². The number of rotatable bonds is 13. The second-order valence-corrected chi connectivity index (χ2v) is 20.6. The van der Waals surface area contributed by atoms with Crippen LogP contribution in [0, 0.1) is 47.3 Å². The van der Waals surface area contributed by atoms with Crippen molar-refractivity contribution in [2.75, 3.05) is 13.7 Å². The van der Waals surface area contributed by atoms with Gasteiger partial charge in [0, 0.05) is 74.3 Å². The molecule has 0 aliphatic carbocycles. The molecule has 6 rings (SSSR count). The van der Waals surface area contributed by atoms with E-state index in [4.69, 9.17) is 37.9 Å². The number of methoxy groups -OCH3 is 1. The molecule has 350 valence electrons. The van der Waals surface area contributed by atoms with E-state index >= 15 is 0 Å². The van der Waals surface area contributed by atoms with Crippen LogP contribution in [0.4, 0.5) is 0 Å². The largest absolute Gasteiger partial charge is 1.00 e. The minimum absolute atomic E-state index is 0. The number of ether oxygens (including phenoxy) is 8. The van der Waals surface area contributed by atoms with E-state index in [1.807, 2.05) is 40.7 Å². The number of allylic oxidation sites excluding steroid dienone is 1. The first kappa shape index (κ1) is 52.4. The monoisotopic (exact) mass is 889 g/mol. The van der Waals surface area contributed by atoms with Crippen LogP contribution in [0.1, 0.15) is 134 Å². The molecule has 0 aromatic rings. The van der Waals surface area contributed by atoms with Gasteiger partial charge in [-0.1, -0.05) is 61.5 Å². The summed E-state index contributed by atoms with van der Waals surface area (Å²) in [5, 5.41) is 44.4. The fourth-order valence-electron chi connectivity index (χ4n) is 11.8. The molecule has 3 N–H and O–H groups in total. The Balaban J connectivity index is 0.00000726. The molecule has 3 unspecified atom stereocenters. The molecule has 14 nitrogen and oxygen atoms in total. The van der Waals surface area contributed by atoms with Crippen LogP contribution in [0.15, 0.2) is 11.6 Å². The predicted octanol–water partition coefficient (Wildman–Crippen LogP) is 1.82. The van der Waals surface area contributed by atoms with Crippen molar-refractivity contribution in [2.45, 2.75) is 212 Å². The molecule has 6 fully saturated rings. The Hall–Kier alpha value is -0.560. The van der Waals surface area contributed by atoms with Gasteiger partial charge < -0.3 is 63.1 Å². The summed E-state index contributed by atoms with van der Waals surface area (Å²) in [6, 6.07) is 0. The van der Waals surface area contributed by atoms with E-state index in [9.17, 15) is 30.0 Å². The summed E-state index contributed by atoms with van der Waals surface area (Å²) in [6.45, 7) is 20.7.